The van der Waals surface area contributed by atoms with Crippen LogP contribution in [0.4, 0.5) is 17.3 Å². The second-order valence-electron chi connectivity index (χ2n) is 9.01. The van der Waals surface area contributed by atoms with Gasteiger partial charge in [-0.3, -0.25) is 9.10 Å². The lowest BCUT2D eigenvalue weighted by atomic mass is 10.2. The van der Waals surface area contributed by atoms with Crippen molar-refractivity contribution in [1.29, 1.82) is 0 Å². The van der Waals surface area contributed by atoms with Crippen molar-refractivity contribution in [1.82, 2.24) is 9.97 Å². The van der Waals surface area contributed by atoms with E-state index >= 15 is 0 Å². The minimum Gasteiger partial charge on any atom is -0.497 e. The van der Waals surface area contributed by atoms with Crippen molar-refractivity contribution >= 4 is 43.3 Å². The van der Waals surface area contributed by atoms with E-state index in [0.29, 0.717) is 17.1 Å². The molecule has 0 aliphatic heterocycles. The van der Waals surface area contributed by atoms with E-state index in [4.69, 9.17) is 9.47 Å². The third-order valence-electron chi connectivity index (χ3n) is 5.93. The van der Waals surface area contributed by atoms with Gasteiger partial charge in [0.05, 0.1) is 29.7 Å². The number of carbonyl (C=O) groups is 1. The second-order valence-corrected chi connectivity index (χ2v) is 12.6. The van der Waals surface area contributed by atoms with E-state index < -0.39 is 32.5 Å². The Morgan fingerprint density at radius 2 is 1.45 bits per heavy atom. The van der Waals surface area contributed by atoms with Crippen LogP contribution in [-0.4, -0.2) is 53.5 Å². The van der Waals surface area contributed by atoms with Gasteiger partial charge in [0.1, 0.15) is 18.0 Å². The van der Waals surface area contributed by atoms with E-state index in [1.165, 1.54) is 62.8 Å². The van der Waals surface area contributed by atoms with Gasteiger partial charge in [-0.25, -0.2) is 31.5 Å². The van der Waals surface area contributed by atoms with Crippen molar-refractivity contribution in [3.05, 3.63) is 90.3 Å². The van der Waals surface area contributed by atoms with Crippen LogP contribution in [0.5, 0.6) is 11.5 Å². The number of hydrogen-bond donors (Lipinski definition) is 2. The summed E-state index contributed by atoms with van der Waals surface area (Å²) >= 11 is 0. The van der Waals surface area contributed by atoms with E-state index in [1.807, 2.05) is 0 Å². The van der Waals surface area contributed by atoms with Gasteiger partial charge in [0.15, 0.2) is 0 Å². The first-order chi connectivity index (χ1) is 19.9. The number of aromatic nitrogens is 2. The summed E-state index contributed by atoms with van der Waals surface area (Å²) in [4.78, 5) is 21.2. The van der Waals surface area contributed by atoms with Gasteiger partial charge in [-0.05, 0) is 68.4 Å². The Balaban J connectivity index is 1.58. The van der Waals surface area contributed by atoms with Crippen LogP contribution in [-0.2, 0) is 24.8 Å². The molecule has 0 saturated heterocycles. The second kappa shape index (κ2) is 12.4. The molecule has 0 unspecified atom stereocenters. The first-order valence-electron chi connectivity index (χ1n) is 12.5. The van der Waals surface area contributed by atoms with Gasteiger partial charge in [-0.2, -0.15) is 0 Å². The van der Waals surface area contributed by atoms with Gasteiger partial charge in [-0.15, -0.1) is 0 Å². The maximum Gasteiger partial charge on any atom is 0.264 e. The summed E-state index contributed by atoms with van der Waals surface area (Å²) in [6, 6.07) is 19.3. The van der Waals surface area contributed by atoms with E-state index in [9.17, 15) is 21.6 Å². The molecule has 1 heterocycles. The van der Waals surface area contributed by atoms with Crippen LogP contribution in [0.15, 0.2) is 88.7 Å². The molecule has 12 nitrogen and oxygen atoms in total. The van der Waals surface area contributed by atoms with Gasteiger partial charge in [0.25, 0.3) is 20.0 Å². The molecule has 0 saturated carbocycles. The monoisotopic (exact) mass is 611 g/mol. The molecule has 2 N–H and O–H groups in total. The van der Waals surface area contributed by atoms with E-state index in [0.717, 1.165) is 4.31 Å². The number of ether oxygens (including phenoxy) is 2. The van der Waals surface area contributed by atoms with Crippen LogP contribution in [0.25, 0.3) is 0 Å². The summed E-state index contributed by atoms with van der Waals surface area (Å²) in [5, 5.41) is 2.62. The molecule has 0 fully saturated rings. The quantitative estimate of drug-likeness (QED) is 0.258. The number of hydrogen-bond acceptors (Lipinski definition) is 9. The molecular weight excluding hydrogens is 582 g/mol. The Hall–Kier alpha value is -4.69. The molecule has 0 aliphatic carbocycles. The lowest BCUT2D eigenvalue weighted by Crippen LogP contribution is -2.38. The highest BCUT2D eigenvalue weighted by atomic mass is 32.2. The fourth-order valence-corrected chi connectivity index (χ4v) is 6.40. The summed E-state index contributed by atoms with van der Waals surface area (Å²) in [7, 11) is -5.42. The van der Waals surface area contributed by atoms with Crippen molar-refractivity contribution in [3.8, 4) is 11.5 Å². The predicted molar refractivity (Wildman–Crippen MR) is 158 cm³/mol. The van der Waals surface area contributed by atoms with Gasteiger partial charge < -0.3 is 14.8 Å². The third kappa shape index (κ3) is 6.95. The number of amides is 1. The zero-order valence-electron chi connectivity index (χ0n) is 23.2. The predicted octanol–water partition coefficient (Wildman–Crippen LogP) is 3.75. The SMILES string of the molecule is COc1ccc(OC)c(N(CC(=O)Nc2ccc(S(=O)(=O)Nc3nc(C)cc(C)n3)cc2)S(=O)(=O)c2ccccc2)c1. The van der Waals surface area contributed by atoms with Crippen LogP contribution in [0, 0.1) is 13.8 Å². The molecular formula is C28H29N5O7S2. The van der Waals surface area contributed by atoms with Crippen LogP contribution in [0.3, 0.4) is 0 Å². The first-order valence-corrected chi connectivity index (χ1v) is 15.4. The van der Waals surface area contributed by atoms with Crippen molar-refractivity contribution in [2.24, 2.45) is 0 Å². The molecule has 4 aromatic rings. The number of methoxy groups -OCH3 is 2. The van der Waals surface area contributed by atoms with Gasteiger partial charge in [0, 0.05) is 23.1 Å². The van der Waals surface area contributed by atoms with Gasteiger partial charge >= 0.3 is 0 Å². The smallest absolute Gasteiger partial charge is 0.264 e. The normalized spacial score (nSPS) is 11.4. The molecule has 1 amide bonds. The standard InChI is InChI=1S/C28H29N5O7S2/c1-19-16-20(2)30-28(29-19)32-41(35,36)23-13-10-21(11-14-23)31-27(34)18-33(42(37,38)24-8-6-5-7-9-24)25-17-22(39-3)12-15-26(25)40-4/h5-17H,18H2,1-4H3,(H,31,34)(H,29,30,32). The van der Waals surface area contributed by atoms with Crippen LogP contribution >= 0.6 is 0 Å². The Bertz CT molecular complexity index is 1780. The Kier molecular flexibility index (Phi) is 8.97. The molecule has 0 aliphatic rings. The number of nitrogens with zero attached hydrogens (tertiary/aromatic N) is 3. The summed E-state index contributed by atoms with van der Waals surface area (Å²) in [6.45, 7) is 2.83. The maximum absolute atomic E-state index is 13.7. The maximum atomic E-state index is 13.7. The average Bonchev–Trinajstić information content (AvgIpc) is 2.95. The molecule has 0 atom stereocenters. The van der Waals surface area contributed by atoms with Crippen molar-refractivity contribution < 1.29 is 31.1 Å². The largest absolute Gasteiger partial charge is 0.497 e. The topological polar surface area (TPSA) is 157 Å². The minimum atomic E-state index is -4.22. The highest BCUT2D eigenvalue weighted by Gasteiger charge is 2.30. The number of anilines is 3. The van der Waals surface area contributed by atoms with Crippen LogP contribution < -0.4 is 23.8 Å². The van der Waals surface area contributed by atoms with E-state index in [1.54, 1.807) is 44.2 Å². The van der Waals surface area contributed by atoms with Crippen molar-refractivity contribution in [2.45, 2.75) is 23.6 Å². The number of nitrogens with one attached hydrogen (secondary N) is 2. The zero-order valence-corrected chi connectivity index (χ0v) is 24.9. The fourth-order valence-electron chi connectivity index (χ4n) is 4.01. The summed E-state index contributed by atoms with van der Waals surface area (Å²) in [6.07, 6.45) is 0. The van der Waals surface area contributed by atoms with Gasteiger partial charge in [0.2, 0.25) is 11.9 Å². The molecule has 1 aromatic heterocycles. The fraction of sp³-hybridized carbons (Fsp3) is 0.179. The van der Waals surface area contributed by atoms with E-state index in [-0.39, 0.29) is 32.9 Å². The summed E-state index contributed by atoms with van der Waals surface area (Å²) < 4.78 is 67.0. The van der Waals surface area contributed by atoms with Crippen LogP contribution in [0.1, 0.15) is 11.4 Å². The van der Waals surface area contributed by atoms with E-state index in [2.05, 4.69) is 20.0 Å². The average molecular weight is 612 g/mol. The van der Waals surface area contributed by atoms with Gasteiger partial charge in [-0.1, -0.05) is 18.2 Å². The highest BCUT2D eigenvalue weighted by molar-refractivity contribution is 7.93. The molecule has 0 spiro atoms. The van der Waals surface area contributed by atoms with Crippen molar-refractivity contribution in [2.75, 3.05) is 35.1 Å². The summed E-state index contributed by atoms with van der Waals surface area (Å²) in [5.41, 5.74) is 1.55. The molecule has 3 aromatic carbocycles. The Labute approximate surface area is 244 Å². The number of benzene rings is 3. The first kappa shape index (κ1) is 30.3. The Morgan fingerprint density at radius 3 is 2.05 bits per heavy atom. The zero-order chi connectivity index (χ0) is 30.5. The number of sulfonamides is 2. The number of aryl methyl sites for hydroxylation is 2. The number of carbonyl (C=O) groups excluding carboxylic acids is 1. The van der Waals surface area contributed by atoms with Crippen molar-refractivity contribution in [3.63, 3.8) is 0 Å². The Morgan fingerprint density at radius 1 is 0.810 bits per heavy atom. The molecule has 0 radical (unpaired) electrons. The molecule has 42 heavy (non-hydrogen) atoms. The molecule has 220 valence electrons. The summed E-state index contributed by atoms with van der Waals surface area (Å²) in [5.74, 6) is -0.177. The lowest BCUT2D eigenvalue weighted by molar-refractivity contribution is -0.114. The molecule has 0 bridgehead atoms. The molecule has 4 rings (SSSR count). The van der Waals surface area contributed by atoms with Crippen LogP contribution in [0.2, 0.25) is 0 Å². The molecule has 14 heteroatoms. The number of rotatable bonds is 11. The highest BCUT2D eigenvalue weighted by Crippen LogP contribution is 2.35. The minimum absolute atomic E-state index is 0.0301. The third-order valence-corrected chi connectivity index (χ3v) is 9.05. The lowest BCUT2D eigenvalue weighted by Gasteiger charge is -2.26.